The van der Waals surface area contributed by atoms with Crippen molar-refractivity contribution in [2.75, 3.05) is 12.3 Å². The lowest BCUT2D eigenvalue weighted by molar-refractivity contribution is -0.117. The SMILES string of the molecule is Nc1cc(Br)cc(C(=O)OC2CCOC3(CCCC3)C2)c1. The van der Waals surface area contributed by atoms with Crippen molar-refractivity contribution < 1.29 is 14.3 Å². The fourth-order valence-corrected chi connectivity index (χ4v) is 3.91. The van der Waals surface area contributed by atoms with E-state index in [1.54, 1.807) is 18.2 Å². The molecule has 1 unspecified atom stereocenters. The smallest absolute Gasteiger partial charge is 0.338 e. The quantitative estimate of drug-likeness (QED) is 0.650. The summed E-state index contributed by atoms with van der Waals surface area (Å²) in [6.07, 6.45) is 6.14. The maximum absolute atomic E-state index is 12.3. The van der Waals surface area contributed by atoms with Gasteiger partial charge < -0.3 is 15.2 Å². The molecule has 1 saturated heterocycles. The molecule has 4 nitrogen and oxygen atoms in total. The number of nitrogen functional groups attached to an aromatic ring is 1. The summed E-state index contributed by atoms with van der Waals surface area (Å²) in [6, 6.07) is 5.15. The van der Waals surface area contributed by atoms with Crippen molar-refractivity contribution in [3.63, 3.8) is 0 Å². The summed E-state index contributed by atoms with van der Waals surface area (Å²) in [6.45, 7) is 0.679. The highest BCUT2D eigenvalue weighted by Crippen LogP contribution is 2.40. The second kappa shape index (κ2) is 5.97. The van der Waals surface area contributed by atoms with Crippen LogP contribution in [-0.2, 0) is 9.47 Å². The first-order valence-corrected chi connectivity index (χ1v) is 8.27. The van der Waals surface area contributed by atoms with Crippen molar-refractivity contribution in [3.05, 3.63) is 28.2 Å². The van der Waals surface area contributed by atoms with E-state index in [1.807, 2.05) is 0 Å². The Bertz CT molecular complexity index is 520. The maximum Gasteiger partial charge on any atom is 0.338 e. The van der Waals surface area contributed by atoms with Crippen molar-refractivity contribution in [1.82, 2.24) is 0 Å². The lowest BCUT2D eigenvalue weighted by atomic mass is 9.90. The molecule has 0 bridgehead atoms. The molecule has 3 rings (SSSR count). The van der Waals surface area contributed by atoms with E-state index in [2.05, 4.69) is 15.9 Å². The van der Waals surface area contributed by atoms with Gasteiger partial charge >= 0.3 is 5.97 Å². The summed E-state index contributed by atoms with van der Waals surface area (Å²) in [5, 5.41) is 0. The number of halogens is 1. The van der Waals surface area contributed by atoms with Gasteiger partial charge in [0, 0.05) is 23.0 Å². The molecule has 1 aromatic rings. The molecule has 2 N–H and O–H groups in total. The standard InChI is InChI=1S/C16H20BrNO3/c17-12-7-11(8-13(18)9-12)15(19)21-14-3-6-20-16(10-14)4-1-2-5-16/h7-9,14H,1-6,10,18H2. The first-order valence-electron chi connectivity index (χ1n) is 7.47. The van der Waals surface area contributed by atoms with E-state index < -0.39 is 0 Å². The van der Waals surface area contributed by atoms with E-state index in [1.165, 1.54) is 12.8 Å². The molecule has 0 radical (unpaired) electrons. The molecule has 5 heteroatoms. The maximum atomic E-state index is 12.3. The molecule has 2 aliphatic rings. The number of nitrogens with two attached hydrogens (primary N) is 1. The lowest BCUT2D eigenvalue weighted by Gasteiger charge is -2.37. The monoisotopic (exact) mass is 353 g/mol. The minimum Gasteiger partial charge on any atom is -0.459 e. The Balaban J connectivity index is 1.66. The molecule has 1 aliphatic heterocycles. The van der Waals surface area contributed by atoms with Crippen LogP contribution in [0.1, 0.15) is 48.9 Å². The van der Waals surface area contributed by atoms with E-state index in [9.17, 15) is 4.79 Å². The van der Waals surface area contributed by atoms with Crippen LogP contribution in [0.4, 0.5) is 5.69 Å². The first-order chi connectivity index (χ1) is 10.1. The summed E-state index contributed by atoms with van der Waals surface area (Å²) >= 11 is 3.35. The number of hydrogen-bond donors (Lipinski definition) is 1. The van der Waals surface area contributed by atoms with Crippen LogP contribution >= 0.6 is 15.9 Å². The zero-order valence-corrected chi connectivity index (χ0v) is 13.5. The highest BCUT2D eigenvalue weighted by atomic mass is 79.9. The van der Waals surface area contributed by atoms with Crippen molar-refractivity contribution in [2.24, 2.45) is 0 Å². The zero-order valence-electron chi connectivity index (χ0n) is 11.9. The molecular formula is C16H20BrNO3. The Labute approximate surface area is 133 Å². The van der Waals surface area contributed by atoms with E-state index in [-0.39, 0.29) is 17.7 Å². The Kier molecular flexibility index (Phi) is 4.22. The van der Waals surface area contributed by atoms with Crippen molar-refractivity contribution in [3.8, 4) is 0 Å². The van der Waals surface area contributed by atoms with Gasteiger partial charge in [0.05, 0.1) is 17.8 Å². The van der Waals surface area contributed by atoms with E-state index in [4.69, 9.17) is 15.2 Å². The van der Waals surface area contributed by atoms with Crippen LogP contribution in [0, 0.1) is 0 Å². The predicted octanol–water partition coefficient (Wildman–Crippen LogP) is 3.68. The average Bonchev–Trinajstić information content (AvgIpc) is 2.85. The fraction of sp³-hybridized carbons (Fsp3) is 0.562. The van der Waals surface area contributed by atoms with Crippen LogP contribution in [0.5, 0.6) is 0 Å². The Hall–Kier alpha value is -1.07. The second-order valence-corrected chi connectivity index (χ2v) is 6.95. The summed E-state index contributed by atoms with van der Waals surface area (Å²) < 4.78 is 12.4. The molecule has 0 amide bonds. The number of rotatable bonds is 2. The Morgan fingerprint density at radius 3 is 2.81 bits per heavy atom. The van der Waals surface area contributed by atoms with Crippen LogP contribution < -0.4 is 5.73 Å². The number of benzene rings is 1. The highest BCUT2D eigenvalue weighted by molar-refractivity contribution is 9.10. The second-order valence-electron chi connectivity index (χ2n) is 6.03. The molecule has 114 valence electrons. The van der Waals surface area contributed by atoms with Gasteiger partial charge in [0.15, 0.2) is 0 Å². The molecule has 2 fully saturated rings. The highest BCUT2D eigenvalue weighted by Gasteiger charge is 2.41. The third-order valence-corrected chi connectivity index (χ3v) is 4.85. The van der Waals surface area contributed by atoms with E-state index in [0.29, 0.717) is 17.9 Å². The summed E-state index contributed by atoms with van der Waals surface area (Å²) in [4.78, 5) is 12.3. The van der Waals surface area contributed by atoms with Gasteiger partial charge in [-0.25, -0.2) is 4.79 Å². The van der Waals surface area contributed by atoms with Gasteiger partial charge in [-0.15, -0.1) is 0 Å². The fourth-order valence-electron chi connectivity index (χ4n) is 3.40. The summed E-state index contributed by atoms with van der Waals surface area (Å²) in [7, 11) is 0. The first kappa shape index (κ1) is 14.9. The van der Waals surface area contributed by atoms with Gasteiger partial charge in [-0.2, -0.15) is 0 Å². The van der Waals surface area contributed by atoms with Crippen molar-refractivity contribution in [2.45, 2.75) is 50.2 Å². The molecular weight excluding hydrogens is 334 g/mol. The topological polar surface area (TPSA) is 61.6 Å². The number of carbonyl (C=O) groups excluding carboxylic acids is 1. The van der Waals surface area contributed by atoms with Gasteiger partial charge in [0.25, 0.3) is 0 Å². The minimum atomic E-state index is -0.303. The van der Waals surface area contributed by atoms with Crippen molar-refractivity contribution in [1.29, 1.82) is 0 Å². The predicted molar refractivity (Wildman–Crippen MR) is 84.1 cm³/mol. The number of carbonyl (C=O) groups is 1. The van der Waals surface area contributed by atoms with Gasteiger partial charge in [-0.3, -0.25) is 0 Å². The third-order valence-electron chi connectivity index (χ3n) is 4.39. The zero-order chi connectivity index (χ0) is 14.9. The number of anilines is 1. The molecule has 1 atom stereocenters. The minimum absolute atomic E-state index is 0.0422. The average molecular weight is 354 g/mol. The Morgan fingerprint density at radius 2 is 2.10 bits per heavy atom. The third kappa shape index (κ3) is 3.40. The van der Waals surface area contributed by atoms with Crippen LogP contribution in [0.3, 0.4) is 0 Å². The molecule has 1 aromatic carbocycles. The normalized spacial score (nSPS) is 24.1. The lowest BCUT2D eigenvalue weighted by Crippen LogP contribution is -2.41. The van der Waals surface area contributed by atoms with Gasteiger partial charge in [0.1, 0.15) is 6.10 Å². The summed E-state index contributed by atoms with van der Waals surface area (Å²) in [5.74, 6) is -0.303. The molecule has 1 heterocycles. The van der Waals surface area contributed by atoms with E-state index in [0.717, 1.165) is 30.2 Å². The number of hydrogen-bond acceptors (Lipinski definition) is 4. The van der Waals surface area contributed by atoms with Crippen LogP contribution in [0.2, 0.25) is 0 Å². The molecule has 1 spiro atoms. The largest absolute Gasteiger partial charge is 0.459 e. The molecule has 21 heavy (non-hydrogen) atoms. The number of esters is 1. The molecule has 1 saturated carbocycles. The van der Waals surface area contributed by atoms with Gasteiger partial charge in [-0.05, 0) is 31.0 Å². The molecule has 0 aromatic heterocycles. The van der Waals surface area contributed by atoms with Gasteiger partial charge in [0.2, 0.25) is 0 Å². The van der Waals surface area contributed by atoms with Gasteiger partial charge in [-0.1, -0.05) is 28.8 Å². The van der Waals surface area contributed by atoms with E-state index >= 15 is 0 Å². The van der Waals surface area contributed by atoms with Crippen LogP contribution in [-0.4, -0.2) is 24.3 Å². The van der Waals surface area contributed by atoms with Crippen LogP contribution in [0.15, 0.2) is 22.7 Å². The van der Waals surface area contributed by atoms with Crippen LogP contribution in [0.25, 0.3) is 0 Å². The number of ether oxygens (including phenoxy) is 2. The van der Waals surface area contributed by atoms with Crippen molar-refractivity contribution >= 4 is 27.6 Å². The molecule has 1 aliphatic carbocycles. The summed E-state index contributed by atoms with van der Waals surface area (Å²) in [5.41, 5.74) is 6.77. The Morgan fingerprint density at radius 1 is 1.33 bits per heavy atom.